The molecule has 1 aromatic carbocycles. The van der Waals surface area contributed by atoms with Crippen molar-refractivity contribution in [2.75, 3.05) is 0 Å². The Morgan fingerprint density at radius 2 is 2.05 bits per heavy atom. The Labute approximate surface area is 118 Å². The quantitative estimate of drug-likeness (QED) is 0.842. The number of rotatable bonds is 6. The maximum absolute atomic E-state index is 13.0. The van der Waals surface area contributed by atoms with E-state index in [1.807, 2.05) is 0 Å². The van der Waals surface area contributed by atoms with Gasteiger partial charge in [-0.15, -0.1) is 0 Å². The summed E-state index contributed by atoms with van der Waals surface area (Å²) in [5.74, 6) is -1.88. The molecule has 0 radical (unpaired) electrons. The van der Waals surface area contributed by atoms with Gasteiger partial charge in [0.05, 0.1) is 5.41 Å². The van der Waals surface area contributed by atoms with Crippen LogP contribution in [0.25, 0.3) is 0 Å². The van der Waals surface area contributed by atoms with Gasteiger partial charge in [-0.2, -0.15) is 0 Å². The topological polar surface area (TPSA) is 66.4 Å². The average molecular weight is 281 g/mol. The summed E-state index contributed by atoms with van der Waals surface area (Å²) in [5, 5.41) is 11.9. The fraction of sp³-hybridized carbons (Fsp3) is 0.467. The van der Waals surface area contributed by atoms with Crippen LogP contribution < -0.4 is 5.32 Å². The molecular formula is C15H20FNO3. The van der Waals surface area contributed by atoms with E-state index >= 15 is 0 Å². The maximum atomic E-state index is 13.0. The van der Waals surface area contributed by atoms with Crippen molar-refractivity contribution in [1.82, 2.24) is 5.32 Å². The molecule has 0 aliphatic rings. The second kappa shape index (κ2) is 6.50. The monoisotopic (exact) mass is 281 g/mol. The summed E-state index contributed by atoms with van der Waals surface area (Å²) in [7, 11) is 0. The second-order valence-corrected chi connectivity index (χ2v) is 5.46. The van der Waals surface area contributed by atoms with Gasteiger partial charge in [0.1, 0.15) is 5.82 Å². The minimum atomic E-state index is -1.11. The van der Waals surface area contributed by atoms with Gasteiger partial charge in [-0.3, -0.25) is 9.59 Å². The Kier molecular flexibility index (Phi) is 5.25. The van der Waals surface area contributed by atoms with Crippen LogP contribution in [0.4, 0.5) is 4.39 Å². The lowest BCUT2D eigenvalue weighted by Crippen LogP contribution is -2.39. The molecule has 0 bridgehead atoms. The molecule has 20 heavy (non-hydrogen) atoms. The summed E-state index contributed by atoms with van der Waals surface area (Å²) in [5.41, 5.74) is -0.466. The number of carboxylic acids is 1. The summed E-state index contributed by atoms with van der Waals surface area (Å²) in [6.45, 7) is 5.29. The average Bonchev–Trinajstić information content (AvgIpc) is 2.36. The normalized spacial score (nSPS) is 13.8. The number of carbonyl (C=O) groups is 2. The second-order valence-electron chi connectivity index (χ2n) is 5.46. The van der Waals surface area contributed by atoms with Gasteiger partial charge in [-0.25, -0.2) is 4.39 Å². The van der Waals surface area contributed by atoms with Crippen LogP contribution in [-0.2, 0) is 16.1 Å². The fourth-order valence-corrected chi connectivity index (χ4v) is 1.77. The number of nitrogens with one attached hydrogen (secondary N) is 1. The van der Waals surface area contributed by atoms with Crippen LogP contribution in [0.1, 0.15) is 32.8 Å². The lowest BCUT2D eigenvalue weighted by molar-refractivity contribution is -0.153. The van der Waals surface area contributed by atoms with E-state index in [1.54, 1.807) is 32.9 Å². The molecule has 0 aromatic heterocycles. The number of carboxylic acid groups (broad SMARTS) is 1. The lowest BCUT2D eigenvalue weighted by atomic mass is 9.76. The highest BCUT2D eigenvalue weighted by Gasteiger charge is 2.38. The van der Waals surface area contributed by atoms with Crippen LogP contribution in [0, 0.1) is 17.2 Å². The third kappa shape index (κ3) is 4.05. The molecule has 1 aromatic rings. The van der Waals surface area contributed by atoms with Crippen molar-refractivity contribution in [2.24, 2.45) is 11.3 Å². The van der Waals surface area contributed by atoms with E-state index in [1.165, 1.54) is 12.1 Å². The Morgan fingerprint density at radius 3 is 2.55 bits per heavy atom. The summed E-state index contributed by atoms with van der Waals surface area (Å²) in [4.78, 5) is 23.1. The highest BCUT2D eigenvalue weighted by molar-refractivity contribution is 5.84. The lowest BCUT2D eigenvalue weighted by Gasteiger charge is -2.28. The largest absolute Gasteiger partial charge is 0.481 e. The maximum Gasteiger partial charge on any atom is 0.310 e. The summed E-state index contributed by atoms with van der Waals surface area (Å²) in [6.07, 6.45) is -0.102. The van der Waals surface area contributed by atoms with Gasteiger partial charge in [0.25, 0.3) is 0 Å². The third-order valence-corrected chi connectivity index (χ3v) is 3.67. The zero-order chi connectivity index (χ0) is 15.3. The van der Waals surface area contributed by atoms with Crippen molar-refractivity contribution in [2.45, 2.75) is 33.7 Å². The van der Waals surface area contributed by atoms with Crippen LogP contribution >= 0.6 is 0 Å². The SMILES string of the molecule is CC(C)C(C)(CC(=O)NCc1cccc(F)c1)C(=O)O. The van der Waals surface area contributed by atoms with E-state index in [0.717, 1.165) is 0 Å². The molecule has 0 heterocycles. The molecule has 0 aliphatic carbocycles. The van der Waals surface area contributed by atoms with Crippen molar-refractivity contribution in [3.8, 4) is 0 Å². The van der Waals surface area contributed by atoms with E-state index in [-0.39, 0.29) is 30.6 Å². The smallest absolute Gasteiger partial charge is 0.310 e. The van der Waals surface area contributed by atoms with Crippen LogP contribution in [0.15, 0.2) is 24.3 Å². The predicted octanol–water partition coefficient (Wildman–Crippen LogP) is 2.58. The molecule has 1 amide bonds. The molecule has 1 atom stereocenters. The molecule has 1 unspecified atom stereocenters. The Bertz CT molecular complexity index is 502. The van der Waals surface area contributed by atoms with Crippen molar-refractivity contribution in [3.05, 3.63) is 35.6 Å². The van der Waals surface area contributed by atoms with Gasteiger partial charge in [-0.05, 0) is 30.5 Å². The number of carbonyl (C=O) groups excluding carboxylic acids is 1. The van der Waals surface area contributed by atoms with Crippen LogP contribution in [0.2, 0.25) is 0 Å². The van der Waals surface area contributed by atoms with E-state index in [4.69, 9.17) is 0 Å². The zero-order valence-corrected chi connectivity index (χ0v) is 11.9. The minimum absolute atomic E-state index is 0.102. The Morgan fingerprint density at radius 1 is 1.40 bits per heavy atom. The molecule has 5 heteroatoms. The van der Waals surface area contributed by atoms with Crippen LogP contribution in [-0.4, -0.2) is 17.0 Å². The number of hydrogen-bond acceptors (Lipinski definition) is 2. The van der Waals surface area contributed by atoms with Crippen LogP contribution in [0.5, 0.6) is 0 Å². The van der Waals surface area contributed by atoms with Gasteiger partial charge < -0.3 is 10.4 Å². The molecule has 0 saturated carbocycles. The van der Waals surface area contributed by atoms with Crippen molar-refractivity contribution >= 4 is 11.9 Å². The standard InChI is InChI=1S/C15H20FNO3/c1-10(2)15(3,14(19)20)8-13(18)17-9-11-5-4-6-12(16)7-11/h4-7,10H,8-9H2,1-3H3,(H,17,18)(H,19,20). The van der Waals surface area contributed by atoms with Gasteiger partial charge in [0.2, 0.25) is 5.91 Å². The third-order valence-electron chi connectivity index (χ3n) is 3.67. The summed E-state index contributed by atoms with van der Waals surface area (Å²) < 4.78 is 13.0. The Balaban J connectivity index is 2.61. The predicted molar refractivity (Wildman–Crippen MR) is 73.4 cm³/mol. The molecule has 0 saturated heterocycles. The summed E-state index contributed by atoms with van der Waals surface area (Å²) in [6, 6.07) is 5.92. The number of amides is 1. The first-order chi connectivity index (χ1) is 9.25. The molecule has 0 aliphatic heterocycles. The van der Waals surface area contributed by atoms with Crippen molar-refractivity contribution < 1.29 is 19.1 Å². The van der Waals surface area contributed by atoms with Crippen molar-refractivity contribution in [3.63, 3.8) is 0 Å². The Hall–Kier alpha value is -1.91. The minimum Gasteiger partial charge on any atom is -0.481 e. The first-order valence-corrected chi connectivity index (χ1v) is 6.50. The molecule has 1 rings (SSSR count). The molecule has 0 fully saturated rings. The van der Waals surface area contributed by atoms with Crippen molar-refractivity contribution in [1.29, 1.82) is 0 Å². The van der Waals surface area contributed by atoms with E-state index in [9.17, 15) is 19.1 Å². The van der Waals surface area contributed by atoms with Crippen LogP contribution in [0.3, 0.4) is 0 Å². The first kappa shape index (κ1) is 16.1. The molecule has 4 nitrogen and oxygen atoms in total. The number of hydrogen-bond donors (Lipinski definition) is 2. The number of aliphatic carboxylic acids is 1. The first-order valence-electron chi connectivity index (χ1n) is 6.50. The van der Waals surface area contributed by atoms with E-state index < -0.39 is 11.4 Å². The molecule has 110 valence electrons. The fourth-order valence-electron chi connectivity index (χ4n) is 1.77. The van der Waals surface area contributed by atoms with E-state index in [2.05, 4.69) is 5.32 Å². The van der Waals surface area contributed by atoms with Gasteiger partial charge in [0.15, 0.2) is 0 Å². The highest BCUT2D eigenvalue weighted by Crippen LogP contribution is 2.31. The number of halogens is 1. The molecule has 0 spiro atoms. The highest BCUT2D eigenvalue weighted by atomic mass is 19.1. The van der Waals surface area contributed by atoms with Gasteiger partial charge in [0, 0.05) is 13.0 Å². The summed E-state index contributed by atoms with van der Waals surface area (Å²) >= 11 is 0. The van der Waals surface area contributed by atoms with Gasteiger partial charge >= 0.3 is 5.97 Å². The van der Waals surface area contributed by atoms with E-state index in [0.29, 0.717) is 5.56 Å². The molecular weight excluding hydrogens is 261 g/mol. The van der Waals surface area contributed by atoms with Gasteiger partial charge in [-0.1, -0.05) is 26.0 Å². The number of benzene rings is 1. The molecule has 2 N–H and O–H groups in total. The zero-order valence-electron chi connectivity index (χ0n) is 11.9.